The molecule has 2 aromatic carbocycles. The number of ether oxygens (including phenoxy) is 1. The number of esters is 1. The van der Waals surface area contributed by atoms with Crippen molar-refractivity contribution in [1.82, 2.24) is 4.72 Å². The van der Waals surface area contributed by atoms with E-state index >= 15 is 0 Å². The minimum atomic E-state index is -3.66. The van der Waals surface area contributed by atoms with E-state index in [9.17, 15) is 13.2 Å². The molecule has 5 nitrogen and oxygen atoms in total. The Balaban J connectivity index is 1.93. The van der Waals surface area contributed by atoms with Gasteiger partial charge >= 0.3 is 5.97 Å². The number of hydrogen-bond acceptors (Lipinski definition) is 5. The van der Waals surface area contributed by atoms with Crippen LogP contribution in [0.2, 0.25) is 0 Å². The number of benzene rings is 2. The Morgan fingerprint density at radius 3 is 2.54 bits per heavy atom. The number of sulfonamides is 1. The highest BCUT2D eigenvalue weighted by Gasteiger charge is 2.16. The number of thioether (sulfide) groups is 1. The van der Waals surface area contributed by atoms with Crippen molar-refractivity contribution in [2.24, 2.45) is 0 Å². The molecule has 0 spiro atoms. The molecule has 0 saturated carbocycles. The third kappa shape index (κ3) is 5.09. The Hall–Kier alpha value is -1.83. The lowest BCUT2D eigenvalue weighted by Crippen LogP contribution is -2.26. The van der Waals surface area contributed by atoms with E-state index in [0.29, 0.717) is 12.3 Å². The van der Waals surface area contributed by atoms with E-state index in [2.05, 4.69) is 9.46 Å². The number of aryl methyl sites for hydroxylation is 1. The number of hydrogen-bond donors (Lipinski definition) is 1. The van der Waals surface area contributed by atoms with Gasteiger partial charge in [0.15, 0.2) is 0 Å². The molecule has 0 unspecified atom stereocenters. The summed E-state index contributed by atoms with van der Waals surface area (Å²) in [6.07, 6.45) is 0. The first-order valence-corrected chi connectivity index (χ1v) is 9.77. The molecular weight excluding hydrogens is 346 g/mol. The highest BCUT2D eigenvalue weighted by atomic mass is 32.2. The summed E-state index contributed by atoms with van der Waals surface area (Å²) in [6.45, 7) is 2.31. The Labute approximate surface area is 146 Å². The Kier molecular flexibility index (Phi) is 6.42. The second-order valence-corrected chi connectivity index (χ2v) is 8.01. The molecule has 0 radical (unpaired) electrons. The lowest BCUT2D eigenvalue weighted by Gasteiger charge is -2.08. The van der Waals surface area contributed by atoms with E-state index in [0.717, 1.165) is 4.90 Å². The lowest BCUT2D eigenvalue weighted by atomic mass is 10.2. The van der Waals surface area contributed by atoms with Gasteiger partial charge in [0.05, 0.1) is 17.6 Å². The molecule has 0 atom stereocenters. The largest absolute Gasteiger partial charge is 0.465 e. The van der Waals surface area contributed by atoms with E-state index in [4.69, 9.17) is 0 Å². The van der Waals surface area contributed by atoms with E-state index in [1.165, 1.54) is 36.9 Å². The van der Waals surface area contributed by atoms with Crippen LogP contribution >= 0.6 is 11.8 Å². The molecule has 0 aromatic heterocycles. The summed E-state index contributed by atoms with van der Waals surface area (Å²) in [5.74, 6) is 0.0425. The van der Waals surface area contributed by atoms with Gasteiger partial charge in [-0.15, -0.1) is 11.8 Å². The first-order valence-electron chi connectivity index (χ1n) is 7.30. The number of nitrogens with one attached hydrogen (secondary N) is 1. The average Bonchev–Trinajstić information content (AvgIpc) is 2.59. The van der Waals surface area contributed by atoms with Crippen molar-refractivity contribution in [3.8, 4) is 0 Å². The molecule has 0 heterocycles. The SMILES string of the molecule is COC(=O)c1cccc(S(=O)(=O)NCCSc2ccc(C)cc2)c1. The molecule has 0 amide bonds. The van der Waals surface area contributed by atoms with Crippen LogP contribution in [0.15, 0.2) is 58.3 Å². The minimum absolute atomic E-state index is 0.0470. The highest BCUT2D eigenvalue weighted by molar-refractivity contribution is 7.99. The Morgan fingerprint density at radius 2 is 1.88 bits per heavy atom. The Morgan fingerprint density at radius 1 is 1.17 bits per heavy atom. The standard InChI is InChI=1S/C17H19NO4S2/c1-13-6-8-15(9-7-13)23-11-10-18-24(20,21)16-5-3-4-14(12-16)17(19)22-2/h3-9,12,18H,10-11H2,1-2H3. The minimum Gasteiger partial charge on any atom is -0.465 e. The van der Waals surface area contributed by atoms with Crippen LogP contribution in [0.25, 0.3) is 0 Å². The molecule has 0 aliphatic carbocycles. The van der Waals surface area contributed by atoms with Crippen LogP contribution in [-0.4, -0.2) is 33.8 Å². The quantitative estimate of drug-likeness (QED) is 0.464. The van der Waals surface area contributed by atoms with Crippen molar-refractivity contribution in [2.45, 2.75) is 16.7 Å². The molecule has 24 heavy (non-hydrogen) atoms. The van der Waals surface area contributed by atoms with Gasteiger partial charge in [0.25, 0.3) is 0 Å². The molecule has 0 bridgehead atoms. The highest BCUT2D eigenvalue weighted by Crippen LogP contribution is 2.18. The van der Waals surface area contributed by atoms with Crippen molar-refractivity contribution in [2.75, 3.05) is 19.4 Å². The maximum Gasteiger partial charge on any atom is 0.337 e. The van der Waals surface area contributed by atoms with E-state index < -0.39 is 16.0 Å². The first-order chi connectivity index (χ1) is 11.4. The van der Waals surface area contributed by atoms with Gasteiger partial charge in [-0.2, -0.15) is 0 Å². The van der Waals surface area contributed by atoms with Crippen molar-refractivity contribution < 1.29 is 17.9 Å². The van der Waals surface area contributed by atoms with Crippen LogP contribution in [0, 0.1) is 6.92 Å². The molecule has 2 rings (SSSR count). The molecule has 0 aliphatic rings. The fraction of sp³-hybridized carbons (Fsp3) is 0.235. The molecule has 1 N–H and O–H groups in total. The molecule has 0 fully saturated rings. The number of carbonyl (C=O) groups is 1. The molecular formula is C17H19NO4S2. The van der Waals surface area contributed by atoms with Crippen molar-refractivity contribution >= 4 is 27.8 Å². The van der Waals surface area contributed by atoms with Gasteiger partial charge in [-0.05, 0) is 37.3 Å². The smallest absolute Gasteiger partial charge is 0.337 e. The van der Waals surface area contributed by atoms with Gasteiger partial charge < -0.3 is 4.74 Å². The summed E-state index contributed by atoms with van der Waals surface area (Å²) < 4.78 is 31.7. The van der Waals surface area contributed by atoms with Gasteiger partial charge in [0, 0.05) is 17.2 Å². The fourth-order valence-electron chi connectivity index (χ4n) is 1.97. The zero-order valence-electron chi connectivity index (χ0n) is 13.5. The fourth-order valence-corrected chi connectivity index (χ4v) is 3.95. The van der Waals surface area contributed by atoms with Crippen molar-refractivity contribution in [3.05, 3.63) is 59.7 Å². The van der Waals surface area contributed by atoms with E-state index in [-0.39, 0.29) is 10.5 Å². The van der Waals surface area contributed by atoms with Gasteiger partial charge in [0.1, 0.15) is 0 Å². The van der Waals surface area contributed by atoms with Gasteiger partial charge in [0.2, 0.25) is 10.0 Å². The number of carbonyl (C=O) groups excluding carboxylic acids is 1. The molecule has 2 aromatic rings. The van der Waals surface area contributed by atoms with Crippen LogP contribution in [-0.2, 0) is 14.8 Å². The monoisotopic (exact) mass is 365 g/mol. The summed E-state index contributed by atoms with van der Waals surface area (Å²) in [4.78, 5) is 12.6. The number of methoxy groups -OCH3 is 1. The normalized spacial score (nSPS) is 11.2. The van der Waals surface area contributed by atoms with E-state index in [1.54, 1.807) is 11.8 Å². The zero-order valence-corrected chi connectivity index (χ0v) is 15.1. The third-order valence-electron chi connectivity index (χ3n) is 3.25. The molecule has 0 aliphatic heterocycles. The molecule has 0 saturated heterocycles. The van der Waals surface area contributed by atoms with Gasteiger partial charge in [-0.3, -0.25) is 0 Å². The Bertz CT molecular complexity index is 802. The molecule has 128 valence electrons. The van der Waals surface area contributed by atoms with Crippen LogP contribution in [0.5, 0.6) is 0 Å². The van der Waals surface area contributed by atoms with Crippen molar-refractivity contribution in [1.29, 1.82) is 0 Å². The summed E-state index contributed by atoms with van der Waals surface area (Å²) in [6, 6.07) is 13.8. The maximum absolute atomic E-state index is 12.3. The maximum atomic E-state index is 12.3. The van der Waals surface area contributed by atoms with Gasteiger partial charge in [-0.25, -0.2) is 17.9 Å². The van der Waals surface area contributed by atoms with Crippen LogP contribution < -0.4 is 4.72 Å². The summed E-state index contributed by atoms with van der Waals surface area (Å²) in [7, 11) is -2.40. The predicted molar refractivity (Wildman–Crippen MR) is 94.9 cm³/mol. The number of rotatable bonds is 7. The average molecular weight is 365 g/mol. The topological polar surface area (TPSA) is 72.5 Å². The van der Waals surface area contributed by atoms with E-state index in [1.807, 2.05) is 31.2 Å². The lowest BCUT2D eigenvalue weighted by molar-refractivity contribution is 0.0600. The first kappa shape index (κ1) is 18.5. The second-order valence-electron chi connectivity index (χ2n) is 5.08. The summed E-state index contributed by atoms with van der Waals surface area (Å²) in [5.41, 5.74) is 1.39. The van der Waals surface area contributed by atoms with Crippen LogP contribution in [0.3, 0.4) is 0 Å². The zero-order chi connectivity index (χ0) is 17.6. The van der Waals surface area contributed by atoms with Crippen LogP contribution in [0.1, 0.15) is 15.9 Å². The molecule has 7 heteroatoms. The second kappa shape index (κ2) is 8.32. The predicted octanol–water partition coefficient (Wildman–Crippen LogP) is 2.85. The third-order valence-corrected chi connectivity index (χ3v) is 5.72. The van der Waals surface area contributed by atoms with Crippen molar-refractivity contribution in [3.63, 3.8) is 0 Å². The van der Waals surface area contributed by atoms with Crippen LogP contribution in [0.4, 0.5) is 0 Å². The summed E-state index contributed by atoms with van der Waals surface area (Å²) >= 11 is 1.58. The summed E-state index contributed by atoms with van der Waals surface area (Å²) in [5, 5.41) is 0. The van der Waals surface area contributed by atoms with Gasteiger partial charge in [-0.1, -0.05) is 23.8 Å².